The molecule has 0 saturated carbocycles. The number of nitrogens with zero attached hydrogens (tertiary/aromatic N) is 3. The molecule has 2 unspecified atom stereocenters. The first kappa shape index (κ1) is 19.8. The Labute approximate surface area is 155 Å². The minimum Gasteiger partial charge on any atom is -0.391 e. The highest BCUT2D eigenvalue weighted by Crippen LogP contribution is 2.35. The van der Waals surface area contributed by atoms with Gasteiger partial charge in [-0.15, -0.1) is 0 Å². The van der Waals surface area contributed by atoms with Crippen molar-refractivity contribution >= 4 is 22.6 Å². The standard InChI is InChI=1S/C20H29N3OS/c1-13(2)11-23-18(14(3)24)12-25-19(23)22-17-8-7-15(10-21)9-16(17)20(4,5)6/h7-9,13-14,18,24H,11-12H2,1-6H3. The molecule has 0 bridgehead atoms. The van der Waals surface area contributed by atoms with Gasteiger partial charge in [-0.05, 0) is 42.0 Å². The van der Waals surface area contributed by atoms with Crippen molar-refractivity contribution in [1.82, 2.24) is 4.90 Å². The van der Waals surface area contributed by atoms with E-state index in [1.807, 2.05) is 25.1 Å². The molecule has 0 aliphatic carbocycles. The molecule has 1 aromatic carbocycles. The molecule has 1 aliphatic heterocycles. The molecule has 25 heavy (non-hydrogen) atoms. The van der Waals surface area contributed by atoms with Gasteiger partial charge in [-0.1, -0.05) is 46.4 Å². The molecule has 5 heteroatoms. The summed E-state index contributed by atoms with van der Waals surface area (Å²) < 4.78 is 0. The van der Waals surface area contributed by atoms with Crippen molar-refractivity contribution in [2.24, 2.45) is 10.9 Å². The van der Waals surface area contributed by atoms with Gasteiger partial charge in [-0.2, -0.15) is 5.26 Å². The summed E-state index contributed by atoms with van der Waals surface area (Å²) in [7, 11) is 0. The summed E-state index contributed by atoms with van der Waals surface area (Å²) in [6.07, 6.45) is -0.387. The smallest absolute Gasteiger partial charge is 0.164 e. The number of rotatable bonds is 4. The molecular formula is C20H29N3OS. The Bertz CT molecular complexity index is 683. The van der Waals surface area contributed by atoms with E-state index in [4.69, 9.17) is 4.99 Å². The number of benzene rings is 1. The maximum Gasteiger partial charge on any atom is 0.164 e. The van der Waals surface area contributed by atoms with Crippen molar-refractivity contribution in [3.05, 3.63) is 29.3 Å². The molecule has 1 aromatic rings. The first-order chi connectivity index (χ1) is 11.6. The summed E-state index contributed by atoms with van der Waals surface area (Å²) in [5.41, 5.74) is 2.55. The molecule has 4 nitrogen and oxygen atoms in total. The summed E-state index contributed by atoms with van der Waals surface area (Å²) in [5.74, 6) is 1.35. The first-order valence-corrected chi connectivity index (χ1v) is 9.83. The van der Waals surface area contributed by atoms with Crippen LogP contribution in [-0.2, 0) is 5.41 Å². The quantitative estimate of drug-likeness (QED) is 0.871. The number of hydrogen-bond acceptors (Lipinski definition) is 4. The van der Waals surface area contributed by atoms with E-state index < -0.39 is 0 Å². The fourth-order valence-electron chi connectivity index (χ4n) is 2.98. The van der Waals surface area contributed by atoms with E-state index in [0.29, 0.717) is 11.5 Å². The van der Waals surface area contributed by atoms with Crippen molar-refractivity contribution < 1.29 is 5.11 Å². The van der Waals surface area contributed by atoms with E-state index in [2.05, 4.69) is 45.6 Å². The molecule has 0 aromatic heterocycles. The van der Waals surface area contributed by atoms with Gasteiger partial charge in [0, 0.05) is 12.3 Å². The Kier molecular flexibility index (Phi) is 6.18. The summed E-state index contributed by atoms with van der Waals surface area (Å²) in [4.78, 5) is 7.19. The van der Waals surface area contributed by atoms with Crippen LogP contribution in [0.2, 0.25) is 0 Å². The number of aliphatic hydroxyl groups is 1. The zero-order chi connectivity index (χ0) is 18.8. The van der Waals surface area contributed by atoms with Crippen LogP contribution >= 0.6 is 11.8 Å². The highest BCUT2D eigenvalue weighted by atomic mass is 32.2. The van der Waals surface area contributed by atoms with Crippen molar-refractivity contribution in [2.45, 2.75) is 59.1 Å². The molecule has 1 N–H and O–H groups in total. The van der Waals surface area contributed by atoms with E-state index in [1.54, 1.807) is 11.8 Å². The maximum atomic E-state index is 10.1. The average molecular weight is 360 g/mol. The number of hydrogen-bond donors (Lipinski definition) is 1. The molecule has 2 rings (SSSR count). The number of nitriles is 1. The average Bonchev–Trinajstić information content (AvgIpc) is 2.88. The molecule has 1 aliphatic rings. The normalized spacial score (nSPS) is 21.0. The van der Waals surface area contributed by atoms with Crippen molar-refractivity contribution in [3.8, 4) is 6.07 Å². The van der Waals surface area contributed by atoms with Crippen LogP contribution < -0.4 is 0 Å². The van der Waals surface area contributed by atoms with Crippen LogP contribution in [0, 0.1) is 17.2 Å². The van der Waals surface area contributed by atoms with Crippen LogP contribution in [0.25, 0.3) is 0 Å². The number of amidine groups is 1. The molecule has 136 valence electrons. The molecule has 0 spiro atoms. The molecular weight excluding hydrogens is 330 g/mol. The van der Waals surface area contributed by atoms with E-state index in [-0.39, 0.29) is 17.6 Å². The van der Waals surface area contributed by atoms with Crippen LogP contribution in [0.15, 0.2) is 23.2 Å². The van der Waals surface area contributed by atoms with Crippen LogP contribution in [-0.4, -0.2) is 39.6 Å². The van der Waals surface area contributed by atoms with Crippen LogP contribution in [0.3, 0.4) is 0 Å². The lowest BCUT2D eigenvalue weighted by Crippen LogP contribution is -2.43. The van der Waals surface area contributed by atoms with Gasteiger partial charge in [-0.3, -0.25) is 0 Å². The van der Waals surface area contributed by atoms with E-state index in [9.17, 15) is 10.4 Å². The third-order valence-electron chi connectivity index (χ3n) is 4.30. The number of aliphatic imine (C=N–C) groups is 1. The fraction of sp³-hybridized carbons (Fsp3) is 0.600. The minimum atomic E-state index is -0.387. The van der Waals surface area contributed by atoms with Gasteiger partial charge in [-0.25, -0.2) is 4.99 Å². The Morgan fingerprint density at radius 3 is 2.56 bits per heavy atom. The molecule has 0 amide bonds. The molecule has 2 atom stereocenters. The van der Waals surface area contributed by atoms with E-state index >= 15 is 0 Å². The SMILES string of the molecule is CC(C)CN1C(=Nc2ccc(C#N)cc2C(C)(C)C)SCC1C(C)O. The Morgan fingerprint density at radius 1 is 1.36 bits per heavy atom. The van der Waals surface area contributed by atoms with E-state index in [0.717, 1.165) is 28.7 Å². The van der Waals surface area contributed by atoms with Gasteiger partial charge >= 0.3 is 0 Å². The molecule has 1 fully saturated rings. The topological polar surface area (TPSA) is 59.6 Å². The third-order valence-corrected chi connectivity index (χ3v) is 5.39. The first-order valence-electron chi connectivity index (χ1n) is 8.84. The summed E-state index contributed by atoms with van der Waals surface area (Å²) in [5, 5.41) is 20.3. The predicted molar refractivity (Wildman–Crippen MR) is 106 cm³/mol. The lowest BCUT2D eigenvalue weighted by molar-refractivity contribution is 0.111. The number of aliphatic hydroxyl groups excluding tert-OH is 1. The van der Waals surface area contributed by atoms with Gasteiger partial charge in [0.25, 0.3) is 0 Å². The second-order valence-electron chi connectivity index (χ2n) is 8.15. The van der Waals surface area contributed by atoms with Crippen molar-refractivity contribution in [3.63, 3.8) is 0 Å². The molecule has 1 saturated heterocycles. The highest BCUT2D eigenvalue weighted by Gasteiger charge is 2.34. The van der Waals surface area contributed by atoms with Crippen molar-refractivity contribution in [2.75, 3.05) is 12.3 Å². The van der Waals surface area contributed by atoms with Gasteiger partial charge in [0.05, 0.1) is 29.5 Å². The second kappa shape index (κ2) is 7.80. The van der Waals surface area contributed by atoms with E-state index in [1.165, 1.54) is 0 Å². The van der Waals surface area contributed by atoms with Crippen molar-refractivity contribution in [1.29, 1.82) is 5.26 Å². The zero-order valence-corrected chi connectivity index (χ0v) is 16.9. The van der Waals surface area contributed by atoms with Gasteiger partial charge < -0.3 is 10.0 Å². The monoisotopic (exact) mass is 359 g/mol. The fourth-order valence-corrected chi connectivity index (χ4v) is 4.30. The third kappa shape index (κ3) is 4.77. The van der Waals surface area contributed by atoms with Crippen LogP contribution in [0.5, 0.6) is 0 Å². The minimum absolute atomic E-state index is 0.0952. The maximum absolute atomic E-state index is 10.1. The Morgan fingerprint density at radius 2 is 2.04 bits per heavy atom. The zero-order valence-electron chi connectivity index (χ0n) is 16.1. The van der Waals surface area contributed by atoms with Gasteiger partial charge in [0.1, 0.15) is 0 Å². The highest BCUT2D eigenvalue weighted by molar-refractivity contribution is 8.14. The summed E-state index contributed by atoms with van der Waals surface area (Å²) in [6, 6.07) is 8.03. The predicted octanol–water partition coefficient (Wildman–Crippen LogP) is 4.30. The largest absolute Gasteiger partial charge is 0.391 e. The Balaban J connectivity index is 2.46. The number of thioether (sulfide) groups is 1. The Hall–Kier alpha value is -1.51. The van der Waals surface area contributed by atoms with Crippen LogP contribution in [0.4, 0.5) is 5.69 Å². The lowest BCUT2D eigenvalue weighted by Gasteiger charge is -2.30. The second-order valence-corrected chi connectivity index (χ2v) is 9.14. The van der Waals surface area contributed by atoms with Gasteiger partial charge in [0.15, 0.2) is 5.17 Å². The molecule has 1 heterocycles. The van der Waals surface area contributed by atoms with Crippen LogP contribution in [0.1, 0.15) is 52.7 Å². The molecule has 0 radical (unpaired) electrons. The lowest BCUT2D eigenvalue weighted by atomic mass is 9.85. The van der Waals surface area contributed by atoms with Gasteiger partial charge in [0.2, 0.25) is 0 Å². The summed E-state index contributed by atoms with van der Waals surface area (Å²) in [6.45, 7) is 13.5. The summed E-state index contributed by atoms with van der Waals surface area (Å²) >= 11 is 1.70.